The summed E-state index contributed by atoms with van der Waals surface area (Å²) in [6.45, 7) is 0. The molecule has 1 unspecified atom stereocenters. The van der Waals surface area contributed by atoms with Crippen molar-refractivity contribution < 1.29 is 9.53 Å². The minimum absolute atomic E-state index is 0.0457. The van der Waals surface area contributed by atoms with Crippen LogP contribution in [0.15, 0.2) is 91.0 Å². The first kappa shape index (κ1) is 14.1. The Bertz CT molecular complexity index is 721. The minimum atomic E-state index is -0.647. The molecular formula is C20H16O2. The molecule has 0 saturated carbocycles. The van der Waals surface area contributed by atoms with Gasteiger partial charge in [-0.1, -0.05) is 78.9 Å². The molecule has 1 atom stereocenters. The maximum absolute atomic E-state index is 12.8. The lowest BCUT2D eigenvalue weighted by molar-refractivity contribution is 0.0792. The Morgan fingerprint density at radius 3 is 1.77 bits per heavy atom. The molecule has 0 fully saturated rings. The van der Waals surface area contributed by atoms with E-state index in [4.69, 9.17) is 4.74 Å². The summed E-state index contributed by atoms with van der Waals surface area (Å²) in [7, 11) is 0. The van der Waals surface area contributed by atoms with Crippen LogP contribution in [0.2, 0.25) is 0 Å². The van der Waals surface area contributed by atoms with Crippen LogP contribution in [-0.2, 0) is 0 Å². The number of Topliss-reactive ketones (excluding diaryl/α,β-unsaturated/α-hetero) is 1. The summed E-state index contributed by atoms with van der Waals surface area (Å²) in [5.74, 6) is 0.635. The zero-order valence-electron chi connectivity index (χ0n) is 12.1. The molecule has 0 aliphatic rings. The average molecular weight is 288 g/mol. The molecule has 0 aromatic heterocycles. The molecule has 0 saturated heterocycles. The van der Waals surface area contributed by atoms with Crippen molar-refractivity contribution in [1.29, 1.82) is 0 Å². The van der Waals surface area contributed by atoms with E-state index in [1.54, 1.807) is 0 Å². The van der Waals surface area contributed by atoms with E-state index in [1.165, 1.54) is 0 Å². The van der Waals surface area contributed by atoms with Gasteiger partial charge >= 0.3 is 0 Å². The highest BCUT2D eigenvalue weighted by atomic mass is 16.5. The van der Waals surface area contributed by atoms with E-state index in [2.05, 4.69) is 0 Å². The van der Waals surface area contributed by atoms with Gasteiger partial charge in [0.2, 0.25) is 5.78 Å². The highest BCUT2D eigenvalue weighted by Crippen LogP contribution is 2.25. The summed E-state index contributed by atoms with van der Waals surface area (Å²) < 4.78 is 5.97. The zero-order valence-corrected chi connectivity index (χ0v) is 12.1. The fourth-order valence-corrected chi connectivity index (χ4v) is 2.29. The lowest BCUT2D eigenvalue weighted by Gasteiger charge is -2.18. The van der Waals surface area contributed by atoms with E-state index < -0.39 is 6.10 Å². The van der Waals surface area contributed by atoms with Gasteiger partial charge < -0.3 is 4.74 Å². The molecule has 0 aliphatic heterocycles. The first-order valence-electron chi connectivity index (χ1n) is 7.20. The fraction of sp³-hybridized carbons (Fsp3) is 0.0500. The third-order valence-corrected chi connectivity index (χ3v) is 3.40. The molecule has 3 rings (SSSR count). The second-order valence-corrected chi connectivity index (χ2v) is 4.95. The Hall–Kier alpha value is -2.87. The molecule has 0 spiro atoms. The van der Waals surface area contributed by atoms with Gasteiger partial charge in [-0.05, 0) is 12.1 Å². The quantitative estimate of drug-likeness (QED) is 0.637. The number of hydrogen-bond acceptors (Lipinski definition) is 2. The third-order valence-electron chi connectivity index (χ3n) is 3.40. The molecule has 0 bridgehead atoms. The Morgan fingerprint density at radius 2 is 1.18 bits per heavy atom. The average Bonchev–Trinajstić information content (AvgIpc) is 2.61. The number of para-hydroxylation sites is 1. The van der Waals surface area contributed by atoms with E-state index in [1.807, 2.05) is 91.0 Å². The predicted molar refractivity (Wildman–Crippen MR) is 87.0 cm³/mol. The van der Waals surface area contributed by atoms with Crippen LogP contribution < -0.4 is 4.74 Å². The van der Waals surface area contributed by atoms with E-state index in [-0.39, 0.29) is 5.78 Å². The van der Waals surface area contributed by atoms with Gasteiger partial charge in [0.1, 0.15) is 5.75 Å². The summed E-state index contributed by atoms with van der Waals surface area (Å²) in [4.78, 5) is 12.8. The van der Waals surface area contributed by atoms with Crippen molar-refractivity contribution >= 4 is 5.78 Å². The van der Waals surface area contributed by atoms with Crippen LogP contribution in [0.25, 0.3) is 0 Å². The maximum Gasteiger partial charge on any atom is 0.207 e. The van der Waals surface area contributed by atoms with Crippen molar-refractivity contribution in [1.82, 2.24) is 0 Å². The lowest BCUT2D eigenvalue weighted by atomic mass is 10.00. The van der Waals surface area contributed by atoms with Gasteiger partial charge in [-0.3, -0.25) is 4.79 Å². The van der Waals surface area contributed by atoms with Crippen molar-refractivity contribution in [3.05, 3.63) is 102 Å². The van der Waals surface area contributed by atoms with E-state index in [9.17, 15) is 4.79 Å². The first-order chi connectivity index (χ1) is 10.8. The number of ketones is 1. The molecule has 3 aromatic rings. The highest BCUT2D eigenvalue weighted by Gasteiger charge is 2.23. The molecule has 0 heterocycles. The van der Waals surface area contributed by atoms with Crippen LogP contribution in [0, 0.1) is 0 Å². The van der Waals surface area contributed by atoms with Crippen LogP contribution in [0.5, 0.6) is 5.75 Å². The fourth-order valence-electron chi connectivity index (χ4n) is 2.29. The number of ether oxygens (including phenoxy) is 1. The van der Waals surface area contributed by atoms with E-state index in [0.29, 0.717) is 11.3 Å². The van der Waals surface area contributed by atoms with Gasteiger partial charge in [-0.15, -0.1) is 0 Å². The van der Waals surface area contributed by atoms with Crippen LogP contribution in [0.1, 0.15) is 22.0 Å². The van der Waals surface area contributed by atoms with Gasteiger partial charge in [0.05, 0.1) is 0 Å². The second-order valence-electron chi connectivity index (χ2n) is 4.95. The highest BCUT2D eigenvalue weighted by molar-refractivity contribution is 6.00. The molecule has 3 aromatic carbocycles. The summed E-state index contributed by atoms with van der Waals surface area (Å²) in [6.07, 6.45) is -0.647. The maximum atomic E-state index is 12.8. The molecule has 0 amide bonds. The third kappa shape index (κ3) is 3.23. The topological polar surface area (TPSA) is 26.3 Å². The van der Waals surface area contributed by atoms with Crippen LogP contribution in [-0.4, -0.2) is 5.78 Å². The second kappa shape index (κ2) is 6.72. The van der Waals surface area contributed by atoms with Crippen LogP contribution >= 0.6 is 0 Å². The van der Waals surface area contributed by atoms with Gasteiger partial charge in [0, 0.05) is 11.1 Å². The molecule has 0 radical (unpaired) electrons. The number of carbonyl (C=O) groups excluding carboxylic acids is 1. The molecule has 2 nitrogen and oxygen atoms in total. The molecule has 0 N–H and O–H groups in total. The Kier molecular flexibility index (Phi) is 4.30. The van der Waals surface area contributed by atoms with Gasteiger partial charge in [0.15, 0.2) is 6.10 Å². The Labute approximate surface area is 130 Å². The molecule has 22 heavy (non-hydrogen) atoms. The lowest BCUT2D eigenvalue weighted by Crippen LogP contribution is -2.19. The Balaban J connectivity index is 1.95. The first-order valence-corrected chi connectivity index (χ1v) is 7.20. The van der Waals surface area contributed by atoms with Crippen molar-refractivity contribution in [2.75, 3.05) is 0 Å². The van der Waals surface area contributed by atoms with Crippen molar-refractivity contribution in [3.63, 3.8) is 0 Å². The summed E-state index contributed by atoms with van der Waals surface area (Å²) >= 11 is 0. The number of hydrogen-bond donors (Lipinski definition) is 0. The van der Waals surface area contributed by atoms with Gasteiger partial charge in [-0.25, -0.2) is 0 Å². The number of benzene rings is 3. The molecule has 0 aliphatic carbocycles. The smallest absolute Gasteiger partial charge is 0.207 e. The minimum Gasteiger partial charge on any atom is -0.478 e. The van der Waals surface area contributed by atoms with Crippen molar-refractivity contribution in [3.8, 4) is 5.75 Å². The van der Waals surface area contributed by atoms with E-state index >= 15 is 0 Å². The zero-order chi connectivity index (χ0) is 15.2. The monoisotopic (exact) mass is 288 g/mol. The number of rotatable bonds is 5. The van der Waals surface area contributed by atoms with Crippen LogP contribution in [0.4, 0.5) is 0 Å². The standard InChI is InChI=1S/C20H16O2/c21-19(16-10-4-1-5-11-16)20(17-12-6-2-7-13-17)22-18-14-8-3-9-15-18/h1-15,20H. The molecule has 108 valence electrons. The molecule has 2 heteroatoms. The van der Waals surface area contributed by atoms with Crippen LogP contribution in [0.3, 0.4) is 0 Å². The predicted octanol–water partition coefficient (Wildman–Crippen LogP) is 4.69. The summed E-state index contributed by atoms with van der Waals surface area (Å²) in [6, 6.07) is 28.2. The van der Waals surface area contributed by atoms with E-state index in [0.717, 1.165) is 5.56 Å². The number of carbonyl (C=O) groups is 1. The van der Waals surface area contributed by atoms with Crippen molar-refractivity contribution in [2.24, 2.45) is 0 Å². The molecular weight excluding hydrogens is 272 g/mol. The summed E-state index contributed by atoms with van der Waals surface area (Å²) in [5.41, 5.74) is 1.49. The van der Waals surface area contributed by atoms with Gasteiger partial charge in [0.25, 0.3) is 0 Å². The normalized spacial score (nSPS) is 11.6. The van der Waals surface area contributed by atoms with Crippen molar-refractivity contribution in [2.45, 2.75) is 6.10 Å². The largest absolute Gasteiger partial charge is 0.478 e. The SMILES string of the molecule is O=C(c1ccccc1)C(Oc1ccccc1)c1ccccc1. The van der Waals surface area contributed by atoms with Gasteiger partial charge in [-0.2, -0.15) is 0 Å². The summed E-state index contributed by atoms with van der Waals surface area (Å²) in [5, 5.41) is 0. The Morgan fingerprint density at radius 1 is 0.682 bits per heavy atom.